The molecule has 4 heteroatoms. The van der Waals surface area contributed by atoms with Crippen molar-refractivity contribution in [2.75, 3.05) is 27.3 Å². The Bertz CT molecular complexity index is 121. The van der Waals surface area contributed by atoms with Crippen LogP contribution in [0.5, 0.6) is 0 Å². The van der Waals surface area contributed by atoms with Gasteiger partial charge in [-0.05, 0) is 5.92 Å². The zero-order valence-electron chi connectivity index (χ0n) is 7.33. The van der Waals surface area contributed by atoms with E-state index in [-0.39, 0.29) is 6.35 Å². The van der Waals surface area contributed by atoms with Crippen molar-refractivity contribution in [2.24, 2.45) is 5.92 Å². The first-order chi connectivity index (χ1) is 5.27. The Morgan fingerprint density at radius 2 is 2.18 bits per heavy atom. The van der Waals surface area contributed by atoms with E-state index in [1.165, 1.54) is 0 Å². The highest BCUT2D eigenvalue weighted by Gasteiger charge is 2.24. The number of hydrogen-bond donors (Lipinski definition) is 1. The van der Waals surface area contributed by atoms with Crippen LogP contribution in [0.15, 0.2) is 0 Å². The fraction of sp³-hybridized carbons (Fsp3) is 1.00. The highest BCUT2D eigenvalue weighted by Crippen LogP contribution is 2.09. The first-order valence-electron chi connectivity index (χ1n) is 3.85. The van der Waals surface area contributed by atoms with Crippen molar-refractivity contribution in [1.82, 2.24) is 10.4 Å². The van der Waals surface area contributed by atoms with Gasteiger partial charge in [0.05, 0.1) is 7.11 Å². The highest BCUT2D eigenvalue weighted by atomic mass is 16.7. The van der Waals surface area contributed by atoms with Gasteiger partial charge < -0.3 is 4.74 Å². The van der Waals surface area contributed by atoms with Crippen LogP contribution >= 0.6 is 0 Å². The molecule has 2 atom stereocenters. The fourth-order valence-electron chi connectivity index (χ4n) is 1.24. The van der Waals surface area contributed by atoms with E-state index in [9.17, 15) is 0 Å². The maximum absolute atomic E-state index is 5.13. The van der Waals surface area contributed by atoms with Gasteiger partial charge in [-0.1, -0.05) is 6.92 Å². The molecular formula is C7H16N2O2. The summed E-state index contributed by atoms with van der Waals surface area (Å²) in [5.41, 5.74) is 0. The van der Waals surface area contributed by atoms with E-state index < -0.39 is 0 Å². The average molecular weight is 160 g/mol. The normalized spacial score (nSPS) is 34.1. The lowest BCUT2D eigenvalue weighted by atomic mass is 10.1. The number of hydrogen-bond acceptors (Lipinski definition) is 4. The molecule has 0 aromatic carbocycles. The molecule has 4 nitrogen and oxygen atoms in total. The van der Waals surface area contributed by atoms with E-state index in [1.54, 1.807) is 19.3 Å². The summed E-state index contributed by atoms with van der Waals surface area (Å²) in [6.07, 6.45) is -0.0869. The Morgan fingerprint density at radius 1 is 1.45 bits per heavy atom. The predicted molar refractivity (Wildman–Crippen MR) is 41.7 cm³/mol. The third-order valence-corrected chi connectivity index (χ3v) is 1.85. The Labute approximate surface area is 67.4 Å². The second-order valence-corrected chi connectivity index (χ2v) is 2.88. The van der Waals surface area contributed by atoms with Gasteiger partial charge in [0.25, 0.3) is 0 Å². The molecule has 0 spiro atoms. The molecule has 0 amide bonds. The van der Waals surface area contributed by atoms with Crippen LogP contribution < -0.4 is 5.32 Å². The van der Waals surface area contributed by atoms with E-state index >= 15 is 0 Å². The van der Waals surface area contributed by atoms with Crippen molar-refractivity contribution in [3.63, 3.8) is 0 Å². The third kappa shape index (κ3) is 2.13. The molecule has 1 N–H and O–H groups in total. The van der Waals surface area contributed by atoms with E-state index in [0.717, 1.165) is 13.1 Å². The van der Waals surface area contributed by atoms with Crippen LogP contribution in [0.2, 0.25) is 0 Å². The fourth-order valence-corrected chi connectivity index (χ4v) is 1.24. The van der Waals surface area contributed by atoms with Crippen LogP contribution in [0.1, 0.15) is 6.92 Å². The van der Waals surface area contributed by atoms with Crippen molar-refractivity contribution in [1.29, 1.82) is 0 Å². The number of nitrogens with one attached hydrogen (secondary N) is 1. The molecule has 1 saturated heterocycles. The van der Waals surface area contributed by atoms with Crippen LogP contribution in [0, 0.1) is 5.92 Å². The number of ether oxygens (including phenoxy) is 1. The number of hydroxylamine groups is 2. The van der Waals surface area contributed by atoms with Crippen LogP contribution in [0.3, 0.4) is 0 Å². The van der Waals surface area contributed by atoms with Crippen LogP contribution in [-0.4, -0.2) is 38.7 Å². The first-order valence-corrected chi connectivity index (χ1v) is 3.85. The first kappa shape index (κ1) is 8.93. The molecule has 0 bridgehead atoms. The monoisotopic (exact) mass is 160 g/mol. The molecule has 11 heavy (non-hydrogen) atoms. The molecule has 2 unspecified atom stereocenters. The zero-order valence-corrected chi connectivity index (χ0v) is 7.33. The van der Waals surface area contributed by atoms with Gasteiger partial charge in [0, 0.05) is 20.2 Å². The standard InChI is InChI=1S/C7H16N2O2/c1-6-4-8-7(10-2)9(5-6)11-3/h6-8H,4-5H2,1-3H3. The lowest BCUT2D eigenvalue weighted by Crippen LogP contribution is -2.54. The topological polar surface area (TPSA) is 33.7 Å². The zero-order chi connectivity index (χ0) is 8.27. The Hall–Kier alpha value is -0.160. The SMILES string of the molecule is COC1NCC(C)CN1OC. The quantitative estimate of drug-likeness (QED) is 0.617. The van der Waals surface area contributed by atoms with Crippen molar-refractivity contribution in [3.8, 4) is 0 Å². The van der Waals surface area contributed by atoms with Gasteiger partial charge in [-0.2, -0.15) is 0 Å². The van der Waals surface area contributed by atoms with Crippen LogP contribution in [0.4, 0.5) is 0 Å². The second-order valence-electron chi connectivity index (χ2n) is 2.88. The summed E-state index contributed by atoms with van der Waals surface area (Å²) in [7, 11) is 3.32. The van der Waals surface area contributed by atoms with Gasteiger partial charge in [0.2, 0.25) is 0 Å². The summed E-state index contributed by atoms with van der Waals surface area (Å²) in [6.45, 7) is 4.07. The van der Waals surface area contributed by atoms with Crippen LogP contribution in [-0.2, 0) is 9.57 Å². The maximum Gasteiger partial charge on any atom is 0.187 e. The van der Waals surface area contributed by atoms with Gasteiger partial charge in [0.1, 0.15) is 0 Å². The van der Waals surface area contributed by atoms with Crippen LogP contribution in [0.25, 0.3) is 0 Å². The smallest absolute Gasteiger partial charge is 0.187 e. The summed E-state index contributed by atoms with van der Waals surface area (Å²) in [6, 6.07) is 0. The molecule has 1 aliphatic heterocycles. The predicted octanol–water partition coefficient (Wildman–Crippen LogP) is 0.0191. The summed E-state index contributed by atoms with van der Waals surface area (Å²) in [5.74, 6) is 0.612. The summed E-state index contributed by atoms with van der Waals surface area (Å²) < 4.78 is 5.13. The minimum atomic E-state index is -0.0869. The van der Waals surface area contributed by atoms with Gasteiger partial charge >= 0.3 is 0 Å². The molecule has 0 aromatic rings. The molecule has 1 aliphatic rings. The second kappa shape index (κ2) is 4.01. The maximum atomic E-state index is 5.13. The molecule has 1 fully saturated rings. The van der Waals surface area contributed by atoms with Gasteiger partial charge in [-0.25, -0.2) is 0 Å². The number of methoxy groups -OCH3 is 1. The van der Waals surface area contributed by atoms with E-state index in [4.69, 9.17) is 9.57 Å². The van der Waals surface area contributed by atoms with Crippen molar-refractivity contribution in [3.05, 3.63) is 0 Å². The van der Waals surface area contributed by atoms with Gasteiger partial charge in [-0.15, -0.1) is 5.06 Å². The Morgan fingerprint density at radius 3 is 2.73 bits per heavy atom. The largest absolute Gasteiger partial charge is 0.351 e. The number of rotatable bonds is 2. The van der Waals surface area contributed by atoms with Crippen molar-refractivity contribution < 1.29 is 9.57 Å². The molecule has 0 radical (unpaired) electrons. The summed E-state index contributed by atoms with van der Waals surface area (Å²) in [4.78, 5) is 5.11. The van der Waals surface area contributed by atoms with Gasteiger partial charge in [-0.3, -0.25) is 10.2 Å². The lowest BCUT2D eigenvalue weighted by Gasteiger charge is -2.35. The molecule has 0 saturated carbocycles. The van der Waals surface area contributed by atoms with E-state index in [1.807, 2.05) is 0 Å². The van der Waals surface area contributed by atoms with Gasteiger partial charge in [0.15, 0.2) is 6.35 Å². The Balaban J connectivity index is 2.41. The lowest BCUT2D eigenvalue weighted by molar-refractivity contribution is -0.257. The number of nitrogens with zero attached hydrogens (tertiary/aromatic N) is 1. The Kier molecular flexibility index (Phi) is 3.26. The molecule has 0 aromatic heterocycles. The van der Waals surface area contributed by atoms with E-state index in [0.29, 0.717) is 5.92 Å². The molecule has 0 aliphatic carbocycles. The molecule has 1 heterocycles. The van der Waals surface area contributed by atoms with Crippen molar-refractivity contribution >= 4 is 0 Å². The molecular weight excluding hydrogens is 144 g/mol. The minimum Gasteiger partial charge on any atom is -0.351 e. The minimum absolute atomic E-state index is 0.0869. The third-order valence-electron chi connectivity index (χ3n) is 1.85. The summed E-state index contributed by atoms with van der Waals surface area (Å²) in [5, 5.41) is 5.00. The highest BCUT2D eigenvalue weighted by molar-refractivity contribution is 4.68. The van der Waals surface area contributed by atoms with Crippen molar-refractivity contribution in [2.45, 2.75) is 13.3 Å². The average Bonchev–Trinajstić information content (AvgIpc) is 2.04. The summed E-state index contributed by atoms with van der Waals surface area (Å²) >= 11 is 0. The molecule has 1 rings (SSSR count). The molecule has 66 valence electrons. The van der Waals surface area contributed by atoms with E-state index in [2.05, 4.69) is 12.2 Å².